The molecule has 1 nitrogen and oxygen atoms in total. The van der Waals surface area contributed by atoms with Gasteiger partial charge in [-0.25, -0.2) is 0 Å². The Hall–Kier alpha value is -1.03. The van der Waals surface area contributed by atoms with Crippen molar-refractivity contribution in [3.05, 3.63) is 35.4 Å². The lowest BCUT2D eigenvalue weighted by Gasteiger charge is -2.22. The van der Waals surface area contributed by atoms with Gasteiger partial charge in [0.1, 0.15) is 0 Å². The van der Waals surface area contributed by atoms with E-state index in [1.54, 1.807) is 6.07 Å². The van der Waals surface area contributed by atoms with Gasteiger partial charge in [0.25, 0.3) is 0 Å². The minimum Gasteiger partial charge on any atom is -0.388 e. The Labute approximate surface area is 111 Å². The molecule has 1 aromatic rings. The fraction of sp³-hybridized carbons (Fsp3) is 0.600. The van der Waals surface area contributed by atoms with Crippen LogP contribution in [0.3, 0.4) is 0 Å². The SMILES string of the molecule is O[C@@H](c1cccc(C(F)(F)F)c1)C1CCCCCC1. The van der Waals surface area contributed by atoms with Crippen molar-refractivity contribution in [1.82, 2.24) is 0 Å². The highest BCUT2D eigenvalue weighted by molar-refractivity contribution is 5.27. The van der Waals surface area contributed by atoms with Crippen molar-refractivity contribution < 1.29 is 18.3 Å². The van der Waals surface area contributed by atoms with E-state index < -0.39 is 17.8 Å². The van der Waals surface area contributed by atoms with Crippen molar-refractivity contribution in [2.75, 3.05) is 0 Å². The highest BCUT2D eigenvalue weighted by Gasteiger charge is 2.31. The van der Waals surface area contributed by atoms with E-state index in [9.17, 15) is 18.3 Å². The van der Waals surface area contributed by atoms with Crippen molar-refractivity contribution >= 4 is 0 Å². The first-order valence-electron chi connectivity index (χ1n) is 6.84. The Morgan fingerprint density at radius 1 is 1.05 bits per heavy atom. The molecule has 0 unspecified atom stereocenters. The normalized spacial score (nSPS) is 20.0. The highest BCUT2D eigenvalue weighted by atomic mass is 19.4. The van der Waals surface area contributed by atoms with E-state index in [0.717, 1.165) is 50.7 Å². The van der Waals surface area contributed by atoms with Gasteiger partial charge in [-0.05, 0) is 36.5 Å². The molecule has 1 aliphatic carbocycles. The van der Waals surface area contributed by atoms with E-state index >= 15 is 0 Å². The van der Waals surface area contributed by atoms with Gasteiger partial charge in [0, 0.05) is 0 Å². The average Bonchev–Trinajstić information content (AvgIpc) is 2.66. The number of aliphatic hydroxyl groups is 1. The van der Waals surface area contributed by atoms with Crippen LogP contribution in [-0.2, 0) is 6.18 Å². The summed E-state index contributed by atoms with van der Waals surface area (Å²) in [4.78, 5) is 0. The lowest BCUT2D eigenvalue weighted by Crippen LogP contribution is -2.13. The molecule has 0 heterocycles. The second-order valence-electron chi connectivity index (χ2n) is 5.32. The first-order valence-corrected chi connectivity index (χ1v) is 6.84. The number of rotatable bonds is 2. The number of benzene rings is 1. The van der Waals surface area contributed by atoms with Gasteiger partial charge in [0.2, 0.25) is 0 Å². The number of halogens is 3. The van der Waals surface area contributed by atoms with Crippen LogP contribution < -0.4 is 0 Å². The fourth-order valence-electron chi connectivity index (χ4n) is 2.80. The minimum atomic E-state index is -4.35. The van der Waals surface area contributed by atoms with Crippen molar-refractivity contribution in [3.8, 4) is 0 Å². The summed E-state index contributed by atoms with van der Waals surface area (Å²) >= 11 is 0. The zero-order chi connectivity index (χ0) is 13.9. The molecule has 0 bridgehead atoms. The molecule has 1 saturated carbocycles. The molecule has 0 aromatic heterocycles. The number of hydrogen-bond donors (Lipinski definition) is 1. The quantitative estimate of drug-likeness (QED) is 0.773. The summed E-state index contributed by atoms with van der Waals surface area (Å²) in [7, 11) is 0. The molecular weight excluding hydrogens is 253 g/mol. The van der Waals surface area contributed by atoms with Crippen LogP contribution in [0.25, 0.3) is 0 Å². The standard InChI is InChI=1S/C15H19F3O/c16-15(17,18)13-9-5-8-12(10-13)14(19)11-6-3-1-2-4-7-11/h5,8-11,14,19H,1-4,6-7H2/t14-/m1/s1. The monoisotopic (exact) mass is 272 g/mol. The second kappa shape index (κ2) is 5.95. The topological polar surface area (TPSA) is 20.2 Å². The van der Waals surface area contributed by atoms with Crippen LogP contribution in [0.15, 0.2) is 24.3 Å². The Morgan fingerprint density at radius 2 is 1.68 bits per heavy atom. The van der Waals surface area contributed by atoms with Crippen molar-refractivity contribution in [2.45, 2.75) is 50.8 Å². The van der Waals surface area contributed by atoms with E-state index in [1.165, 1.54) is 6.07 Å². The number of aliphatic hydroxyl groups excluding tert-OH is 1. The number of hydrogen-bond acceptors (Lipinski definition) is 1. The minimum absolute atomic E-state index is 0.0889. The smallest absolute Gasteiger partial charge is 0.388 e. The molecule has 0 saturated heterocycles. The Bertz CT molecular complexity index is 406. The van der Waals surface area contributed by atoms with Gasteiger partial charge in [-0.3, -0.25) is 0 Å². The first-order chi connectivity index (χ1) is 8.98. The van der Waals surface area contributed by atoms with Gasteiger partial charge in [-0.2, -0.15) is 13.2 Å². The van der Waals surface area contributed by atoms with Gasteiger partial charge in [-0.1, -0.05) is 37.8 Å². The van der Waals surface area contributed by atoms with Crippen LogP contribution in [0.5, 0.6) is 0 Å². The summed E-state index contributed by atoms with van der Waals surface area (Å²) in [6.45, 7) is 0. The molecule has 106 valence electrons. The summed E-state index contributed by atoms with van der Waals surface area (Å²) in [5, 5.41) is 10.3. The fourth-order valence-corrected chi connectivity index (χ4v) is 2.80. The van der Waals surface area contributed by atoms with E-state index in [4.69, 9.17) is 0 Å². The number of alkyl halides is 3. The third-order valence-corrected chi connectivity index (χ3v) is 3.90. The van der Waals surface area contributed by atoms with Gasteiger partial charge in [-0.15, -0.1) is 0 Å². The summed E-state index contributed by atoms with van der Waals surface area (Å²) < 4.78 is 38.0. The molecule has 1 atom stereocenters. The summed E-state index contributed by atoms with van der Waals surface area (Å²) in [5.41, 5.74) is -0.292. The van der Waals surface area contributed by atoms with Gasteiger partial charge < -0.3 is 5.11 Å². The molecule has 2 rings (SSSR count). The highest BCUT2D eigenvalue weighted by Crippen LogP contribution is 2.36. The molecule has 1 fully saturated rings. The lowest BCUT2D eigenvalue weighted by molar-refractivity contribution is -0.137. The lowest BCUT2D eigenvalue weighted by atomic mass is 9.89. The molecule has 0 amide bonds. The Balaban J connectivity index is 2.16. The predicted octanol–water partition coefficient (Wildman–Crippen LogP) is 4.71. The molecule has 4 heteroatoms. The molecule has 0 spiro atoms. The van der Waals surface area contributed by atoms with Crippen molar-refractivity contribution in [3.63, 3.8) is 0 Å². The zero-order valence-corrected chi connectivity index (χ0v) is 10.8. The predicted molar refractivity (Wildman–Crippen MR) is 67.6 cm³/mol. The maximum atomic E-state index is 12.7. The van der Waals surface area contributed by atoms with Gasteiger partial charge >= 0.3 is 6.18 Å². The summed E-state index contributed by atoms with van der Waals surface area (Å²) in [6, 6.07) is 5.09. The van der Waals surface area contributed by atoms with Crippen molar-refractivity contribution in [1.29, 1.82) is 0 Å². The van der Waals surface area contributed by atoms with Crippen LogP contribution in [0.2, 0.25) is 0 Å². The van der Waals surface area contributed by atoms with Crippen molar-refractivity contribution in [2.24, 2.45) is 5.92 Å². The van der Waals surface area contributed by atoms with E-state index in [1.807, 2.05) is 0 Å². The summed E-state index contributed by atoms with van der Waals surface area (Å²) in [6.07, 6.45) is 1.10. The molecule has 1 aromatic carbocycles. The van der Waals surface area contributed by atoms with Crippen LogP contribution in [-0.4, -0.2) is 5.11 Å². The van der Waals surface area contributed by atoms with E-state index in [0.29, 0.717) is 5.56 Å². The summed E-state index contributed by atoms with van der Waals surface area (Å²) in [5.74, 6) is 0.0889. The van der Waals surface area contributed by atoms with Gasteiger partial charge in [0.05, 0.1) is 11.7 Å². The first kappa shape index (κ1) is 14.4. The third kappa shape index (κ3) is 3.72. The van der Waals surface area contributed by atoms with E-state index in [2.05, 4.69) is 0 Å². The maximum Gasteiger partial charge on any atom is 0.416 e. The molecular formula is C15H19F3O. The second-order valence-corrected chi connectivity index (χ2v) is 5.32. The van der Waals surface area contributed by atoms with Gasteiger partial charge in [0.15, 0.2) is 0 Å². The van der Waals surface area contributed by atoms with Crippen LogP contribution in [0.4, 0.5) is 13.2 Å². The molecule has 0 aliphatic heterocycles. The largest absolute Gasteiger partial charge is 0.416 e. The molecule has 1 aliphatic rings. The van der Waals surface area contributed by atoms with Crippen LogP contribution in [0, 0.1) is 5.92 Å². The average molecular weight is 272 g/mol. The molecule has 0 radical (unpaired) electrons. The van der Waals surface area contributed by atoms with E-state index in [-0.39, 0.29) is 5.92 Å². The zero-order valence-electron chi connectivity index (χ0n) is 10.8. The molecule has 1 N–H and O–H groups in total. The Morgan fingerprint density at radius 3 is 2.26 bits per heavy atom. The third-order valence-electron chi connectivity index (χ3n) is 3.90. The molecule has 19 heavy (non-hydrogen) atoms. The van der Waals surface area contributed by atoms with Crippen LogP contribution in [0.1, 0.15) is 55.8 Å². The van der Waals surface area contributed by atoms with Crippen LogP contribution >= 0.6 is 0 Å². The Kier molecular flexibility index (Phi) is 4.50. The maximum absolute atomic E-state index is 12.7.